The van der Waals surface area contributed by atoms with Gasteiger partial charge in [-0.05, 0) is 53.3 Å². The molecule has 0 fully saturated rings. The van der Waals surface area contributed by atoms with Gasteiger partial charge in [-0.25, -0.2) is 0 Å². The molecule has 3 aliphatic rings. The zero-order valence-electron chi connectivity index (χ0n) is 19.1. The van der Waals surface area contributed by atoms with Crippen LogP contribution in [0.25, 0.3) is 10.9 Å². The lowest BCUT2D eigenvalue weighted by molar-refractivity contribution is 0.159. The fourth-order valence-electron chi connectivity index (χ4n) is 5.66. The lowest BCUT2D eigenvalue weighted by Gasteiger charge is -2.40. The molecular weight excluding hydrogens is 428 g/mol. The molecule has 1 atom stereocenters. The number of benzene rings is 3. The summed E-state index contributed by atoms with van der Waals surface area (Å²) in [6, 6.07) is 19.1. The largest absolute Gasteiger partial charge is 0.493 e. The minimum Gasteiger partial charge on any atom is -0.493 e. The van der Waals surface area contributed by atoms with Gasteiger partial charge in [0.05, 0.1) is 7.11 Å². The van der Waals surface area contributed by atoms with Crippen molar-refractivity contribution in [2.24, 2.45) is 0 Å². The lowest BCUT2D eigenvalue weighted by atomic mass is 9.85. The van der Waals surface area contributed by atoms with Crippen molar-refractivity contribution in [2.45, 2.75) is 32.0 Å². The van der Waals surface area contributed by atoms with E-state index in [0.717, 1.165) is 60.0 Å². The summed E-state index contributed by atoms with van der Waals surface area (Å²) in [7, 11) is 1.71. The van der Waals surface area contributed by atoms with Gasteiger partial charge in [0.2, 0.25) is 6.79 Å². The van der Waals surface area contributed by atoms with Gasteiger partial charge < -0.3 is 23.9 Å². The van der Waals surface area contributed by atoms with Crippen molar-refractivity contribution in [1.29, 1.82) is 0 Å². The summed E-state index contributed by atoms with van der Waals surface area (Å²) in [4.78, 5) is 6.26. The molecule has 1 N–H and O–H groups in total. The van der Waals surface area contributed by atoms with Crippen molar-refractivity contribution < 1.29 is 18.9 Å². The lowest BCUT2D eigenvalue weighted by Crippen LogP contribution is -2.39. The van der Waals surface area contributed by atoms with Gasteiger partial charge in [-0.2, -0.15) is 0 Å². The standard InChI is InChI=1S/C28H26N2O4/c1-31-25-12-21-20-10-24-19-11-27-26(33-16-34-27)9-18(19)7-8-30(24)14-23(20)29-22(21)13-28(25)32-15-17-5-3-2-4-6-17/h2-6,9,11-13,24,29H,7-8,10,14-16H2,1H3/t24-/m0/s1. The third-order valence-electron chi connectivity index (χ3n) is 7.38. The first-order valence-corrected chi connectivity index (χ1v) is 11.8. The average molecular weight is 455 g/mol. The van der Waals surface area contributed by atoms with E-state index in [0.29, 0.717) is 19.4 Å². The van der Waals surface area contributed by atoms with Crippen molar-refractivity contribution in [3.8, 4) is 23.0 Å². The summed E-state index contributed by atoms with van der Waals surface area (Å²) in [5, 5.41) is 1.21. The molecule has 34 heavy (non-hydrogen) atoms. The molecule has 6 heteroatoms. The molecule has 6 nitrogen and oxygen atoms in total. The van der Waals surface area contributed by atoms with Crippen LogP contribution < -0.4 is 18.9 Å². The second-order valence-electron chi connectivity index (χ2n) is 9.25. The topological polar surface area (TPSA) is 56.0 Å². The maximum Gasteiger partial charge on any atom is 0.231 e. The Morgan fingerprint density at radius 1 is 1.03 bits per heavy atom. The summed E-state index contributed by atoms with van der Waals surface area (Å²) in [5.41, 5.74) is 7.63. The van der Waals surface area contributed by atoms with Crippen molar-refractivity contribution in [3.63, 3.8) is 0 Å². The molecule has 0 saturated carbocycles. The Labute approximate surface area is 198 Å². The predicted octanol–water partition coefficient (Wildman–Crippen LogP) is 5.14. The Bertz CT molecular complexity index is 1400. The van der Waals surface area contributed by atoms with E-state index in [-0.39, 0.29) is 0 Å². The van der Waals surface area contributed by atoms with Gasteiger partial charge in [0, 0.05) is 41.8 Å². The van der Waals surface area contributed by atoms with Crippen molar-refractivity contribution in [1.82, 2.24) is 9.88 Å². The third kappa shape index (κ3) is 3.13. The van der Waals surface area contributed by atoms with Gasteiger partial charge >= 0.3 is 0 Å². The number of hydrogen-bond donors (Lipinski definition) is 1. The minimum absolute atomic E-state index is 0.313. The van der Waals surface area contributed by atoms with Gasteiger partial charge in [0.1, 0.15) is 6.61 Å². The van der Waals surface area contributed by atoms with Crippen molar-refractivity contribution >= 4 is 10.9 Å². The number of hydrogen-bond acceptors (Lipinski definition) is 5. The van der Waals surface area contributed by atoms with Crippen LogP contribution in [-0.4, -0.2) is 30.3 Å². The Kier molecular flexibility index (Phi) is 4.49. The molecule has 3 aliphatic heterocycles. The number of methoxy groups -OCH3 is 1. The summed E-state index contributed by atoms with van der Waals surface area (Å²) < 4.78 is 23.2. The Hall–Kier alpha value is -3.64. The highest BCUT2D eigenvalue weighted by molar-refractivity contribution is 5.88. The highest BCUT2D eigenvalue weighted by atomic mass is 16.7. The van der Waals surface area contributed by atoms with E-state index in [2.05, 4.69) is 46.3 Å². The summed E-state index contributed by atoms with van der Waals surface area (Å²) >= 11 is 0. The minimum atomic E-state index is 0.313. The van der Waals surface area contributed by atoms with Crippen molar-refractivity contribution in [3.05, 3.63) is 82.5 Å². The monoisotopic (exact) mass is 454 g/mol. The van der Waals surface area contributed by atoms with Crippen LogP contribution in [0.15, 0.2) is 54.6 Å². The van der Waals surface area contributed by atoms with Gasteiger partial charge in [-0.1, -0.05) is 30.3 Å². The maximum absolute atomic E-state index is 6.16. The van der Waals surface area contributed by atoms with Crippen LogP contribution >= 0.6 is 0 Å². The molecule has 172 valence electrons. The smallest absolute Gasteiger partial charge is 0.231 e. The van der Waals surface area contributed by atoms with Crippen LogP contribution in [0.2, 0.25) is 0 Å². The number of aromatic amines is 1. The van der Waals surface area contributed by atoms with Crippen LogP contribution in [0, 0.1) is 0 Å². The molecule has 3 aromatic carbocycles. The van der Waals surface area contributed by atoms with E-state index in [1.54, 1.807) is 7.11 Å². The number of nitrogens with zero attached hydrogens (tertiary/aromatic N) is 1. The number of rotatable bonds is 4. The highest BCUT2D eigenvalue weighted by Crippen LogP contribution is 2.46. The van der Waals surface area contributed by atoms with E-state index in [4.69, 9.17) is 18.9 Å². The molecule has 0 aliphatic carbocycles. The first kappa shape index (κ1) is 19.8. The van der Waals surface area contributed by atoms with Gasteiger partial charge in [-0.15, -0.1) is 0 Å². The third-order valence-corrected chi connectivity index (χ3v) is 7.38. The van der Waals surface area contributed by atoms with Crippen LogP contribution in [0.1, 0.15) is 34.0 Å². The quantitative estimate of drug-likeness (QED) is 0.463. The van der Waals surface area contributed by atoms with Gasteiger partial charge in [0.15, 0.2) is 23.0 Å². The van der Waals surface area contributed by atoms with Crippen LogP contribution in [0.5, 0.6) is 23.0 Å². The second-order valence-corrected chi connectivity index (χ2v) is 9.25. The van der Waals surface area contributed by atoms with Crippen LogP contribution in [0.4, 0.5) is 0 Å². The predicted molar refractivity (Wildman–Crippen MR) is 129 cm³/mol. The van der Waals surface area contributed by atoms with Crippen LogP contribution in [-0.2, 0) is 26.0 Å². The van der Waals surface area contributed by atoms with Crippen LogP contribution in [0.3, 0.4) is 0 Å². The SMILES string of the molecule is COc1cc2c3c([nH]c2cc1OCc1ccccc1)CN1CCc2cc4c(cc2[C@@H]1C3)OCO4. The molecule has 0 bridgehead atoms. The van der Waals surface area contributed by atoms with Gasteiger partial charge in [-0.3, -0.25) is 4.90 Å². The Balaban J connectivity index is 1.24. The molecule has 0 saturated heterocycles. The van der Waals surface area contributed by atoms with Crippen molar-refractivity contribution in [2.75, 3.05) is 20.4 Å². The molecule has 0 radical (unpaired) electrons. The van der Waals surface area contributed by atoms with E-state index in [1.807, 2.05) is 18.2 Å². The summed E-state index contributed by atoms with van der Waals surface area (Å²) in [6.45, 7) is 2.77. The molecule has 0 spiro atoms. The second kappa shape index (κ2) is 7.71. The molecule has 0 amide bonds. The summed E-state index contributed by atoms with van der Waals surface area (Å²) in [6.07, 6.45) is 1.98. The number of ether oxygens (including phenoxy) is 4. The fraction of sp³-hybridized carbons (Fsp3) is 0.286. The molecule has 4 aromatic rings. The maximum atomic E-state index is 6.16. The average Bonchev–Trinajstić information content (AvgIpc) is 3.48. The summed E-state index contributed by atoms with van der Waals surface area (Å²) in [5.74, 6) is 3.27. The molecule has 0 unspecified atom stereocenters. The molecule has 7 rings (SSSR count). The van der Waals surface area contributed by atoms with Gasteiger partial charge in [0.25, 0.3) is 0 Å². The molecule has 4 heterocycles. The molecular formula is C28H26N2O4. The van der Waals surface area contributed by atoms with E-state index in [9.17, 15) is 0 Å². The van der Waals surface area contributed by atoms with E-state index >= 15 is 0 Å². The Morgan fingerprint density at radius 3 is 2.74 bits per heavy atom. The Morgan fingerprint density at radius 2 is 1.88 bits per heavy atom. The zero-order chi connectivity index (χ0) is 22.6. The number of fused-ring (bicyclic) bond motifs is 7. The van der Waals surface area contributed by atoms with E-state index < -0.39 is 0 Å². The first-order chi connectivity index (χ1) is 16.8. The van der Waals surface area contributed by atoms with E-state index in [1.165, 1.54) is 27.8 Å². The molecule has 1 aromatic heterocycles. The normalized spacial score (nSPS) is 18.3. The number of nitrogens with one attached hydrogen (secondary N) is 1. The fourth-order valence-corrected chi connectivity index (χ4v) is 5.66. The first-order valence-electron chi connectivity index (χ1n) is 11.8. The number of aromatic nitrogens is 1. The number of H-pyrrole nitrogens is 1. The highest BCUT2D eigenvalue weighted by Gasteiger charge is 2.35. The zero-order valence-corrected chi connectivity index (χ0v) is 19.1.